The lowest BCUT2D eigenvalue weighted by molar-refractivity contribution is 0.0726. The molecule has 2 nitrogen and oxygen atoms in total. The summed E-state index contributed by atoms with van der Waals surface area (Å²) in [4.78, 5) is 12.5. The van der Waals surface area contributed by atoms with Gasteiger partial charge in [-0.3, -0.25) is 0 Å². The first-order valence-corrected chi connectivity index (χ1v) is 12.1. The summed E-state index contributed by atoms with van der Waals surface area (Å²) in [5.41, 5.74) is 0.766. The van der Waals surface area contributed by atoms with Gasteiger partial charge in [0.25, 0.3) is 0 Å². The van der Waals surface area contributed by atoms with Crippen molar-refractivity contribution < 1.29 is 22.7 Å². The fourth-order valence-corrected chi connectivity index (χ4v) is 5.67. The Morgan fingerprint density at radius 1 is 0.971 bits per heavy atom. The lowest BCUT2D eigenvalue weighted by Crippen LogP contribution is -2.30. The van der Waals surface area contributed by atoms with Crippen LogP contribution in [0.2, 0.25) is 0 Å². The molecule has 34 heavy (non-hydrogen) atoms. The van der Waals surface area contributed by atoms with Gasteiger partial charge in [-0.25, -0.2) is 13.6 Å². The highest BCUT2D eigenvalue weighted by Gasteiger charge is 2.36. The summed E-state index contributed by atoms with van der Waals surface area (Å²) < 4.78 is 48.7. The molecule has 0 aromatic heterocycles. The van der Waals surface area contributed by atoms with Crippen molar-refractivity contribution in [3.05, 3.63) is 89.8 Å². The van der Waals surface area contributed by atoms with Crippen LogP contribution >= 0.6 is 0 Å². The van der Waals surface area contributed by atoms with Gasteiger partial charge in [0.2, 0.25) is 5.82 Å². The van der Waals surface area contributed by atoms with E-state index >= 15 is 4.39 Å². The van der Waals surface area contributed by atoms with Gasteiger partial charge < -0.3 is 4.74 Å². The van der Waals surface area contributed by atoms with Crippen LogP contribution in [-0.2, 0) is 6.42 Å². The van der Waals surface area contributed by atoms with E-state index in [1.54, 1.807) is 12.1 Å². The largest absolute Gasteiger partial charge is 0.420 e. The Hall–Kier alpha value is -2.82. The van der Waals surface area contributed by atoms with Gasteiger partial charge in [0.15, 0.2) is 11.6 Å². The van der Waals surface area contributed by atoms with Gasteiger partial charge in [0.05, 0.1) is 5.56 Å². The molecule has 4 unspecified atom stereocenters. The van der Waals surface area contributed by atoms with E-state index in [0.717, 1.165) is 38.2 Å². The monoisotopic (exact) mass is 468 g/mol. The zero-order valence-electron chi connectivity index (χ0n) is 19.4. The molecule has 2 aliphatic carbocycles. The zero-order chi connectivity index (χ0) is 24.2. The number of benzene rings is 2. The molecule has 2 aromatic carbocycles. The van der Waals surface area contributed by atoms with Gasteiger partial charge >= 0.3 is 5.97 Å². The molecule has 0 heterocycles. The molecule has 2 aliphatic rings. The Kier molecular flexibility index (Phi) is 7.60. The van der Waals surface area contributed by atoms with Crippen molar-refractivity contribution in [3.63, 3.8) is 0 Å². The second kappa shape index (κ2) is 10.6. The third-order valence-electron chi connectivity index (χ3n) is 7.61. The number of rotatable bonds is 7. The van der Waals surface area contributed by atoms with E-state index in [9.17, 15) is 13.6 Å². The van der Waals surface area contributed by atoms with Crippen LogP contribution in [0.25, 0.3) is 0 Å². The van der Waals surface area contributed by atoms with E-state index in [1.165, 1.54) is 24.6 Å². The number of halogens is 3. The normalized spacial score (nSPS) is 24.2. The molecular weight excluding hydrogens is 437 g/mol. The van der Waals surface area contributed by atoms with Gasteiger partial charge in [-0.1, -0.05) is 24.3 Å². The first-order chi connectivity index (χ1) is 16.4. The summed E-state index contributed by atoms with van der Waals surface area (Å²) in [5, 5.41) is 0. The van der Waals surface area contributed by atoms with Crippen molar-refractivity contribution in [3.8, 4) is 5.75 Å². The highest BCUT2D eigenvalue weighted by molar-refractivity contribution is 5.91. The smallest absolute Gasteiger partial charge is 0.343 e. The standard InChI is InChI=1S/C29H31F3O2/c1-3-5-6-19-12-14-26(28(32)27(19)31)34-29(33)23-11-13-24(25(30)17-23)22-10-9-20-15-18(4-2)7-8-21(20)16-22/h3-4,11-14,17-18,20-22H,1-2,5-10,15-16H2. The molecule has 0 aliphatic heterocycles. The maximum absolute atomic E-state index is 15.0. The predicted molar refractivity (Wildman–Crippen MR) is 127 cm³/mol. The molecule has 0 bridgehead atoms. The highest BCUT2D eigenvalue weighted by Crippen LogP contribution is 2.48. The number of fused-ring (bicyclic) bond motifs is 1. The topological polar surface area (TPSA) is 26.3 Å². The first kappa shape index (κ1) is 24.3. The minimum atomic E-state index is -1.23. The van der Waals surface area contributed by atoms with E-state index in [2.05, 4.69) is 19.2 Å². The van der Waals surface area contributed by atoms with Crippen LogP contribution in [0, 0.1) is 35.2 Å². The minimum absolute atomic E-state index is 0.0306. The summed E-state index contributed by atoms with van der Waals surface area (Å²) in [6.45, 7) is 7.50. The van der Waals surface area contributed by atoms with Crippen molar-refractivity contribution in [1.82, 2.24) is 0 Å². The van der Waals surface area contributed by atoms with Crippen LogP contribution in [0.5, 0.6) is 5.75 Å². The third kappa shape index (κ3) is 5.13. The molecule has 2 fully saturated rings. The molecule has 0 amide bonds. The van der Waals surface area contributed by atoms with Crippen LogP contribution in [0.15, 0.2) is 55.6 Å². The molecule has 2 aromatic rings. The number of carbonyl (C=O) groups excluding carboxylic acids is 1. The molecule has 0 spiro atoms. The van der Waals surface area contributed by atoms with Crippen LogP contribution in [-0.4, -0.2) is 5.97 Å². The second-order valence-corrected chi connectivity index (χ2v) is 9.64. The first-order valence-electron chi connectivity index (χ1n) is 12.1. The number of allylic oxidation sites excluding steroid dienone is 2. The van der Waals surface area contributed by atoms with Crippen LogP contribution in [0.4, 0.5) is 13.2 Å². The van der Waals surface area contributed by atoms with E-state index in [4.69, 9.17) is 4.74 Å². The lowest BCUT2D eigenvalue weighted by atomic mass is 9.64. The quantitative estimate of drug-likeness (QED) is 0.234. The second-order valence-electron chi connectivity index (χ2n) is 9.64. The molecular formula is C29H31F3O2. The van der Waals surface area contributed by atoms with Crippen LogP contribution < -0.4 is 4.74 Å². The number of aryl methyl sites for hydroxylation is 1. The Morgan fingerprint density at radius 2 is 1.74 bits per heavy atom. The Balaban J connectivity index is 1.43. The molecule has 180 valence electrons. The summed E-state index contributed by atoms with van der Waals surface area (Å²) in [6, 6.07) is 6.90. The number of ether oxygens (including phenoxy) is 1. The lowest BCUT2D eigenvalue weighted by Gasteiger charge is -2.41. The van der Waals surface area contributed by atoms with E-state index in [-0.39, 0.29) is 17.0 Å². The van der Waals surface area contributed by atoms with Crippen LogP contribution in [0.3, 0.4) is 0 Å². The average molecular weight is 469 g/mol. The van der Waals surface area contributed by atoms with Gasteiger partial charge in [-0.15, -0.1) is 13.2 Å². The molecule has 2 saturated carbocycles. The summed E-state index contributed by atoms with van der Waals surface area (Å²) >= 11 is 0. The fraction of sp³-hybridized carbons (Fsp3) is 0.414. The molecule has 0 radical (unpaired) electrons. The van der Waals surface area contributed by atoms with Gasteiger partial charge in [-0.2, -0.15) is 4.39 Å². The number of hydrogen-bond acceptors (Lipinski definition) is 2. The molecule has 0 saturated heterocycles. The maximum atomic E-state index is 15.0. The Morgan fingerprint density at radius 3 is 2.47 bits per heavy atom. The highest BCUT2D eigenvalue weighted by atomic mass is 19.2. The van der Waals surface area contributed by atoms with Gasteiger partial charge in [-0.05, 0) is 104 Å². The number of hydrogen-bond donors (Lipinski definition) is 0. The zero-order valence-corrected chi connectivity index (χ0v) is 19.4. The third-order valence-corrected chi connectivity index (χ3v) is 7.61. The fourth-order valence-electron chi connectivity index (χ4n) is 5.67. The number of esters is 1. The van der Waals surface area contributed by atoms with Crippen molar-refractivity contribution in [1.29, 1.82) is 0 Å². The Labute approximate surface area is 199 Å². The molecule has 0 N–H and O–H groups in total. The van der Waals surface area contributed by atoms with Gasteiger partial charge in [0, 0.05) is 0 Å². The SMILES string of the molecule is C=CCCc1ccc(OC(=O)c2ccc(C3CCC4CC(C=C)CCC4C3)c(F)c2)c(F)c1F. The van der Waals surface area contributed by atoms with Gasteiger partial charge in [0.1, 0.15) is 5.82 Å². The van der Waals surface area contributed by atoms with Crippen molar-refractivity contribution in [2.75, 3.05) is 0 Å². The van der Waals surface area contributed by atoms with Crippen molar-refractivity contribution in [2.45, 2.75) is 57.3 Å². The summed E-state index contributed by atoms with van der Waals surface area (Å²) in [6.07, 6.45) is 10.9. The van der Waals surface area contributed by atoms with E-state index < -0.39 is 29.2 Å². The van der Waals surface area contributed by atoms with Crippen molar-refractivity contribution in [2.24, 2.45) is 17.8 Å². The summed E-state index contributed by atoms with van der Waals surface area (Å²) in [5.74, 6) is -2.15. The predicted octanol–water partition coefficient (Wildman–Crippen LogP) is 7.93. The van der Waals surface area contributed by atoms with E-state index in [0.29, 0.717) is 36.2 Å². The Bertz CT molecular complexity index is 1080. The maximum Gasteiger partial charge on any atom is 0.343 e. The molecule has 4 rings (SSSR count). The van der Waals surface area contributed by atoms with Crippen molar-refractivity contribution >= 4 is 5.97 Å². The average Bonchev–Trinajstić information content (AvgIpc) is 2.85. The molecule has 5 heteroatoms. The summed E-state index contributed by atoms with van der Waals surface area (Å²) in [7, 11) is 0. The minimum Gasteiger partial charge on any atom is -0.420 e. The molecule has 4 atom stereocenters. The van der Waals surface area contributed by atoms with E-state index in [1.807, 2.05) is 0 Å². The number of carbonyl (C=O) groups is 1. The van der Waals surface area contributed by atoms with Crippen LogP contribution in [0.1, 0.15) is 72.3 Å².